The van der Waals surface area contributed by atoms with Crippen LogP contribution in [0, 0.1) is 5.82 Å². The van der Waals surface area contributed by atoms with Gasteiger partial charge >= 0.3 is 5.97 Å². The smallest absolute Gasteiger partial charge is 0.345 e. The number of rotatable bonds is 7. The van der Waals surface area contributed by atoms with Crippen LogP contribution in [0.5, 0.6) is 17.2 Å². The van der Waals surface area contributed by atoms with Crippen molar-refractivity contribution in [1.82, 2.24) is 5.16 Å². The molecular formula is C20H19FN2O6. The van der Waals surface area contributed by atoms with E-state index in [-0.39, 0.29) is 17.1 Å². The van der Waals surface area contributed by atoms with Crippen molar-refractivity contribution in [3.8, 4) is 28.5 Å². The highest BCUT2D eigenvalue weighted by Crippen LogP contribution is 2.41. The summed E-state index contributed by atoms with van der Waals surface area (Å²) in [6.45, 7) is 0. The fraction of sp³-hybridized carbons (Fsp3) is 0.200. The molecule has 9 heteroatoms. The van der Waals surface area contributed by atoms with E-state index in [1.165, 1.54) is 52.7 Å². The number of aromatic nitrogens is 1. The summed E-state index contributed by atoms with van der Waals surface area (Å²) in [6, 6.07) is 8.78. The average molecular weight is 402 g/mol. The van der Waals surface area contributed by atoms with Crippen LogP contribution in [0.1, 0.15) is 10.4 Å². The average Bonchev–Trinajstić information content (AvgIpc) is 3.16. The van der Waals surface area contributed by atoms with E-state index in [9.17, 15) is 9.18 Å². The van der Waals surface area contributed by atoms with Crippen LogP contribution < -0.4 is 19.5 Å². The lowest BCUT2D eigenvalue weighted by molar-refractivity contribution is 0.0602. The molecule has 0 unspecified atom stereocenters. The molecule has 0 saturated carbocycles. The number of anilines is 2. The van der Waals surface area contributed by atoms with Crippen LogP contribution in [-0.4, -0.2) is 39.6 Å². The van der Waals surface area contributed by atoms with Crippen molar-refractivity contribution in [3.63, 3.8) is 0 Å². The lowest BCUT2D eigenvalue weighted by Crippen LogP contribution is -2.05. The number of nitrogens with one attached hydrogen (secondary N) is 1. The Kier molecular flexibility index (Phi) is 5.87. The summed E-state index contributed by atoms with van der Waals surface area (Å²) in [6.07, 6.45) is 0. The molecule has 0 spiro atoms. The van der Waals surface area contributed by atoms with Crippen molar-refractivity contribution in [1.29, 1.82) is 0 Å². The molecule has 1 heterocycles. The Morgan fingerprint density at radius 1 is 1.00 bits per heavy atom. The molecule has 2 aromatic carbocycles. The van der Waals surface area contributed by atoms with Crippen molar-refractivity contribution in [2.75, 3.05) is 33.8 Å². The summed E-state index contributed by atoms with van der Waals surface area (Å²) in [5.41, 5.74) is 1.26. The number of hydrogen-bond donors (Lipinski definition) is 1. The molecule has 1 aromatic heterocycles. The van der Waals surface area contributed by atoms with Gasteiger partial charge in [0.15, 0.2) is 17.1 Å². The molecule has 152 valence electrons. The van der Waals surface area contributed by atoms with Crippen LogP contribution in [0.4, 0.5) is 16.0 Å². The quantitative estimate of drug-likeness (QED) is 0.592. The van der Waals surface area contributed by atoms with Crippen molar-refractivity contribution >= 4 is 17.5 Å². The molecule has 3 aromatic rings. The Morgan fingerprint density at radius 3 is 2.14 bits per heavy atom. The molecular weight excluding hydrogens is 383 g/mol. The fourth-order valence-corrected chi connectivity index (χ4v) is 2.76. The monoisotopic (exact) mass is 402 g/mol. The van der Waals surface area contributed by atoms with Gasteiger partial charge in [0.2, 0.25) is 11.6 Å². The number of nitrogens with zero attached hydrogens (tertiary/aromatic N) is 1. The Bertz CT molecular complexity index is 991. The number of ether oxygens (including phenoxy) is 4. The maximum atomic E-state index is 13.2. The Morgan fingerprint density at radius 2 is 1.62 bits per heavy atom. The SMILES string of the molecule is COC(=O)c1c(-c2ccc(F)cc2)noc1Nc1cc(OC)c(OC)c(OC)c1. The molecule has 0 amide bonds. The largest absolute Gasteiger partial charge is 0.493 e. The van der Waals surface area contributed by atoms with Crippen molar-refractivity contribution in [3.05, 3.63) is 47.8 Å². The molecule has 1 N–H and O–H groups in total. The summed E-state index contributed by atoms with van der Waals surface area (Å²) < 4.78 is 39.4. The summed E-state index contributed by atoms with van der Waals surface area (Å²) in [4.78, 5) is 12.4. The molecule has 0 bridgehead atoms. The molecule has 0 aliphatic carbocycles. The van der Waals surface area contributed by atoms with Crippen molar-refractivity contribution < 1.29 is 32.7 Å². The van der Waals surface area contributed by atoms with Gasteiger partial charge in [0.1, 0.15) is 11.5 Å². The lowest BCUT2D eigenvalue weighted by Gasteiger charge is -2.14. The standard InChI is InChI=1S/C20H19FN2O6/c1-25-14-9-13(10-15(26-2)18(14)27-3)22-19-16(20(24)28-4)17(23-29-19)11-5-7-12(21)8-6-11/h5-10,22H,1-4H3. The predicted octanol–water partition coefficient (Wildman–Crippen LogP) is 4.04. The predicted molar refractivity (Wildman–Crippen MR) is 103 cm³/mol. The van der Waals surface area contributed by atoms with Crippen LogP contribution in [-0.2, 0) is 4.74 Å². The van der Waals surface area contributed by atoms with E-state index in [1.54, 1.807) is 12.1 Å². The summed E-state index contributed by atoms with van der Waals surface area (Å²) in [7, 11) is 5.71. The maximum Gasteiger partial charge on any atom is 0.345 e. The highest BCUT2D eigenvalue weighted by molar-refractivity contribution is 6.01. The molecule has 3 rings (SSSR count). The van der Waals surface area contributed by atoms with Gasteiger partial charge in [-0.2, -0.15) is 0 Å². The number of methoxy groups -OCH3 is 4. The van der Waals surface area contributed by atoms with Crippen molar-refractivity contribution in [2.45, 2.75) is 0 Å². The van der Waals surface area contributed by atoms with Gasteiger partial charge in [-0.05, 0) is 24.3 Å². The van der Waals surface area contributed by atoms with Crippen molar-refractivity contribution in [2.24, 2.45) is 0 Å². The second kappa shape index (κ2) is 8.51. The van der Waals surface area contributed by atoms with Gasteiger partial charge in [-0.3, -0.25) is 0 Å². The van der Waals surface area contributed by atoms with Gasteiger partial charge in [0.25, 0.3) is 0 Å². The third-order valence-electron chi connectivity index (χ3n) is 4.12. The maximum absolute atomic E-state index is 13.2. The lowest BCUT2D eigenvalue weighted by atomic mass is 10.1. The summed E-state index contributed by atoms with van der Waals surface area (Å²) >= 11 is 0. The Balaban J connectivity index is 2.06. The zero-order valence-electron chi connectivity index (χ0n) is 16.2. The first kappa shape index (κ1) is 20.0. The van der Waals surface area contributed by atoms with Gasteiger partial charge < -0.3 is 28.8 Å². The zero-order valence-corrected chi connectivity index (χ0v) is 16.2. The van der Waals surface area contributed by atoms with E-state index >= 15 is 0 Å². The van der Waals surface area contributed by atoms with E-state index in [0.717, 1.165) is 0 Å². The minimum atomic E-state index is -0.666. The van der Waals surface area contributed by atoms with Gasteiger partial charge in [-0.1, -0.05) is 5.16 Å². The van der Waals surface area contributed by atoms with Crippen LogP contribution in [0.15, 0.2) is 40.9 Å². The van der Waals surface area contributed by atoms with Gasteiger partial charge in [-0.25, -0.2) is 9.18 Å². The summed E-state index contributed by atoms with van der Waals surface area (Å²) in [5.74, 6) is 0.205. The third-order valence-corrected chi connectivity index (χ3v) is 4.12. The first-order valence-corrected chi connectivity index (χ1v) is 8.43. The number of carbonyl (C=O) groups is 1. The van der Waals surface area contributed by atoms with Gasteiger partial charge in [0, 0.05) is 23.4 Å². The Labute approximate surface area is 166 Å². The topological polar surface area (TPSA) is 92.1 Å². The van der Waals surface area contributed by atoms with Crippen LogP contribution in [0.25, 0.3) is 11.3 Å². The number of benzene rings is 2. The van der Waals surface area contributed by atoms with E-state index in [0.29, 0.717) is 28.5 Å². The molecule has 29 heavy (non-hydrogen) atoms. The molecule has 0 aliphatic rings. The highest BCUT2D eigenvalue weighted by atomic mass is 19.1. The van der Waals surface area contributed by atoms with E-state index in [2.05, 4.69) is 10.5 Å². The number of halogens is 1. The highest BCUT2D eigenvalue weighted by Gasteiger charge is 2.26. The van der Waals surface area contributed by atoms with Crippen LogP contribution in [0.3, 0.4) is 0 Å². The number of carbonyl (C=O) groups excluding carboxylic acids is 1. The minimum Gasteiger partial charge on any atom is -0.493 e. The van der Waals surface area contributed by atoms with E-state index in [1.807, 2.05) is 0 Å². The Hall–Kier alpha value is -3.75. The second-order valence-corrected chi connectivity index (χ2v) is 5.77. The molecule has 8 nitrogen and oxygen atoms in total. The molecule has 0 aliphatic heterocycles. The van der Waals surface area contributed by atoms with Gasteiger partial charge in [-0.15, -0.1) is 0 Å². The fourth-order valence-electron chi connectivity index (χ4n) is 2.76. The molecule has 0 saturated heterocycles. The first-order chi connectivity index (χ1) is 14.0. The van der Waals surface area contributed by atoms with E-state index in [4.69, 9.17) is 23.5 Å². The zero-order chi connectivity index (χ0) is 21.0. The molecule has 0 atom stereocenters. The second-order valence-electron chi connectivity index (χ2n) is 5.77. The normalized spacial score (nSPS) is 10.4. The third kappa shape index (κ3) is 3.93. The minimum absolute atomic E-state index is 0.0467. The number of hydrogen-bond acceptors (Lipinski definition) is 8. The van der Waals surface area contributed by atoms with Crippen LogP contribution >= 0.6 is 0 Å². The molecule has 0 radical (unpaired) electrons. The summed E-state index contributed by atoms with van der Waals surface area (Å²) in [5, 5.41) is 6.92. The molecule has 0 fully saturated rings. The van der Waals surface area contributed by atoms with Gasteiger partial charge in [0.05, 0.1) is 28.4 Å². The van der Waals surface area contributed by atoms with E-state index < -0.39 is 11.8 Å². The van der Waals surface area contributed by atoms with Crippen LogP contribution in [0.2, 0.25) is 0 Å². The first-order valence-electron chi connectivity index (χ1n) is 8.43. The number of esters is 1.